The van der Waals surface area contributed by atoms with Gasteiger partial charge in [0, 0.05) is 0 Å². The maximum absolute atomic E-state index is 10.2. The Morgan fingerprint density at radius 2 is 1.75 bits per heavy atom. The van der Waals surface area contributed by atoms with Gasteiger partial charge in [0.1, 0.15) is 0 Å². The largest absolute Gasteiger partial charge is 0.393 e. The zero-order valence-corrected chi connectivity index (χ0v) is 18.6. The molecule has 5 aliphatic rings. The van der Waals surface area contributed by atoms with Crippen molar-refractivity contribution in [2.45, 2.75) is 116 Å². The fourth-order valence-corrected chi connectivity index (χ4v) is 9.18. The van der Waals surface area contributed by atoms with Crippen LogP contribution in [0.25, 0.3) is 0 Å². The third-order valence-electron chi connectivity index (χ3n) is 10.9. The van der Waals surface area contributed by atoms with Crippen LogP contribution in [-0.2, 0) is 0 Å². The fourth-order valence-electron chi connectivity index (χ4n) is 9.18. The number of aliphatic hydroxyl groups is 1. The van der Waals surface area contributed by atoms with Crippen LogP contribution >= 0.6 is 0 Å². The van der Waals surface area contributed by atoms with E-state index in [4.69, 9.17) is 0 Å². The predicted molar refractivity (Wildman–Crippen MR) is 117 cm³/mol. The van der Waals surface area contributed by atoms with E-state index in [2.05, 4.69) is 19.9 Å². The summed E-state index contributed by atoms with van der Waals surface area (Å²) in [7, 11) is 0. The van der Waals surface area contributed by atoms with Gasteiger partial charge in [-0.15, -0.1) is 0 Å². The van der Waals surface area contributed by atoms with Crippen LogP contribution < -0.4 is 0 Å². The van der Waals surface area contributed by atoms with E-state index in [0.717, 1.165) is 42.4 Å². The molecule has 5 rings (SSSR count). The van der Waals surface area contributed by atoms with Gasteiger partial charge in [0.05, 0.1) is 6.10 Å². The van der Waals surface area contributed by atoms with Crippen LogP contribution in [0.2, 0.25) is 0 Å². The Balaban J connectivity index is 1.27. The molecule has 1 heteroatoms. The molecule has 0 aliphatic heterocycles. The normalized spacial score (nSPS) is 48.7. The van der Waals surface area contributed by atoms with Gasteiger partial charge in [0.15, 0.2) is 0 Å². The first-order valence-electron chi connectivity index (χ1n) is 12.9. The van der Waals surface area contributed by atoms with E-state index in [-0.39, 0.29) is 6.10 Å². The maximum atomic E-state index is 10.2. The molecule has 0 radical (unpaired) electrons. The lowest BCUT2D eigenvalue weighted by atomic mass is 9.47. The molecule has 0 saturated heterocycles. The summed E-state index contributed by atoms with van der Waals surface area (Å²) in [6, 6.07) is 0. The molecule has 158 valence electrons. The molecular formula is C27H44O. The van der Waals surface area contributed by atoms with E-state index in [1.807, 2.05) is 0 Å². The van der Waals surface area contributed by atoms with E-state index < -0.39 is 0 Å². The molecule has 0 spiro atoms. The SMILES string of the molecule is CC12CC[C@H](O)CC1=CC[C@@H]1C2CCC2(C)C1CC[C@@H]2CCCC1CCCC1. The summed E-state index contributed by atoms with van der Waals surface area (Å²) in [5.74, 6) is 4.89. The van der Waals surface area contributed by atoms with Gasteiger partial charge in [0.25, 0.3) is 0 Å². The van der Waals surface area contributed by atoms with Crippen molar-refractivity contribution in [1.82, 2.24) is 0 Å². The molecule has 0 bridgehead atoms. The first kappa shape index (κ1) is 19.7. The lowest BCUT2D eigenvalue weighted by molar-refractivity contribution is -0.0509. The molecule has 28 heavy (non-hydrogen) atoms. The average molecular weight is 385 g/mol. The van der Waals surface area contributed by atoms with E-state index in [1.165, 1.54) is 83.5 Å². The standard InChI is InChI=1S/C27H44O/c1-26-17-15-25-23(12-10-21-18-22(28)14-16-27(21,25)2)24(26)13-11-20(26)9-5-8-19-6-3-4-7-19/h10,19-20,22-25,28H,3-9,11-18H2,1-2H3/t20-,22-,23-,24?,25?,26?,27?/m0/s1. The topological polar surface area (TPSA) is 20.2 Å². The fraction of sp³-hybridized carbons (Fsp3) is 0.926. The maximum Gasteiger partial charge on any atom is 0.0577 e. The van der Waals surface area contributed by atoms with Gasteiger partial charge in [-0.25, -0.2) is 0 Å². The van der Waals surface area contributed by atoms with Crippen molar-refractivity contribution in [3.8, 4) is 0 Å². The molecule has 5 aliphatic carbocycles. The van der Waals surface area contributed by atoms with Gasteiger partial charge >= 0.3 is 0 Å². The first-order valence-corrected chi connectivity index (χ1v) is 12.9. The molecular weight excluding hydrogens is 340 g/mol. The highest BCUT2D eigenvalue weighted by Gasteiger charge is 2.58. The highest BCUT2D eigenvalue weighted by Crippen LogP contribution is 2.66. The lowest BCUT2D eigenvalue weighted by Gasteiger charge is -2.58. The molecule has 0 aromatic carbocycles. The van der Waals surface area contributed by atoms with Crippen molar-refractivity contribution in [2.75, 3.05) is 0 Å². The molecule has 4 fully saturated rings. The Hall–Kier alpha value is -0.300. The summed E-state index contributed by atoms with van der Waals surface area (Å²) in [5.41, 5.74) is 2.67. The predicted octanol–water partition coefficient (Wildman–Crippen LogP) is 7.29. The average Bonchev–Trinajstić information content (AvgIpc) is 3.30. The number of allylic oxidation sites excluding steroid dienone is 1. The minimum atomic E-state index is -0.0690. The molecule has 0 aromatic heterocycles. The lowest BCUT2D eigenvalue weighted by Crippen LogP contribution is -2.50. The van der Waals surface area contributed by atoms with Gasteiger partial charge in [-0.2, -0.15) is 0 Å². The van der Waals surface area contributed by atoms with Crippen LogP contribution in [-0.4, -0.2) is 11.2 Å². The van der Waals surface area contributed by atoms with Crippen LogP contribution in [0.4, 0.5) is 0 Å². The minimum absolute atomic E-state index is 0.0690. The van der Waals surface area contributed by atoms with Gasteiger partial charge in [-0.05, 0) is 98.2 Å². The van der Waals surface area contributed by atoms with Crippen LogP contribution in [0.1, 0.15) is 110 Å². The van der Waals surface area contributed by atoms with Crippen LogP contribution in [0.5, 0.6) is 0 Å². The van der Waals surface area contributed by atoms with Crippen molar-refractivity contribution in [3.63, 3.8) is 0 Å². The number of aliphatic hydroxyl groups excluding tert-OH is 1. The van der Waals surface area contributed by atoms with Crippen molar-refractivity contribution < 1.29 is 5.11 Å². The summed E-state index contributed by atoms with van der Waals surface area (Å²) < 4.78 is 0. The Bertz CT molecular complexity index is 601. The number of rotatable bonds is 4. The molecule has 7 atom stereocenters. The summed E-state index contributed by atoms with van der Waals surface area (Å²) >= 11 is 0. The van der Waals surface area contributed by atoms with Gasteiger partial charge in [-0.3, -0.25) is 0 Å². The van der Waals surface area contributed by atoms with Crippen molar-refractivity contribution in [2.24, 2.45) is 40.4 Å². The third kappa shape index (κ3) is 3.14. The van der Waals surface area contributed by atoms with Crippen LogP contribution in [0, 0.1) is 40.4 Å². The van der Waals surface area contributed by atoms with Gasteiger partial charge in [-0.1, -0.05) is 64.0 Å². The zero-order chi connectivity index (χ0) is 19.4. The highest BCUT2D eigenvalue weighted by atomic mass is 16.3. The second-order valence-corrected chi connectivity index (χ2v) is 12.1. The van der Waals surface area contributed by atoms with Gasteiger partial charge < -0.3 is 5.11 Å². The van der Waals surface area contributed by atoms with E-state index in [0.29, 0.717) is 10.8 Å². The summed E-state index contributed by atoms with van der Waals surface area (Å²) in [6.45, 7) is 5.27. The summed E-state index contributed by atoms with van der Waals surface area (Å²) in [6.07, 6.45) is 23.6. The Morgan fingerprint density at radius 3 is 2.57 bits per heavy atom. The van der Waals surface area contributed by atoms with Crippen molar-refractivity contribution in [1.29, 1.82) is 0 Å². The molecule has 4 saturated carbocycles. The third-order valence-corrected chi connectivity index (χ3v) is 10.9. The zero-order valence-electron chi connectivity index (χ0n) is 18.6. The van der Waals surface area contributed by atoms with E-state index in [9.17, 15) is 5.11 Å². The van der Waals surface area contributed by atoms with Crippen molar-refractivity contribution >= 4 is 0 Å². The Labute approximate surface area is 173 Å². The highest BCUT2D eigenvalue weighted by molar-refractivity contribution is 5.25. The van der Waals surface area contributed by atoms with E-state index in [1.54, 1.807) is 5.57 Å². The van der Waals surface area contributed by atoms with Crippen molar-refractivity contribution in [3.05, 3.63) is 11.6 Å². The number of hydrogen-bond acceptors (Lipinski definition) is 1. The number of fused-ring (bicyclic) bond motifs is 5. The van der Waals surface area contributed by atoms with Crippen LogP contribution in [0.15, 0.2) is 11.6 Å². The molecule has 0 heterocycles. The number of hydrogen-bond donors (Lipinski definition) is 1. The minimum Gasteiger partial charge on any atom is -0.393 e. The smallest absolute Gasteiger partial charge is 0.0577 e. The molecule has 1 nitrogen and oxygen atoms in total. The Kier molecular flexibility index (Phi) is 5.22. The molecule has 4 unspecified atom stereocenters. The second kappa shape index (κ2) is 7.44. The first-order chi connectivity index (χ1) is 13.5. The monoisotopic (exact) mass is 384 g/mol. The molecule has 0 amide bonds. The summed E-state index contributed by atoms with van der Waals surface area (Å²) in [5, 5.41) is 10.2. The van der Waals surface area contributed by atoms with Crippen LogP contribution in [0.3, 0.4) is 0 Å². The quantitative estimate of drug-likeness (QED) is 0.505. The Morgan fingerprint density at radius 1 is 0.929 bits per heavy atom. The second-order valence-electron chi connectivity index (χ2n) is 12.1. The summed E-state index contributed by atoms with van der Waals surface area (Å²) in [4.78, 5) is 0. The van der Waals surface area contributed by atoms with Gasteiger partial charge in [0.2, 0.25) is 0 Å². The molecule has 1 N–H and O–H groups in total. The van der Waals surface area contributed by atoms with E-state index >= 15 is 0 Å². The molecule has 0 aromatic rings.